The van der Waals surface area contributed by atoms with Crippen molar-refractivity contribution in [3.8, 4) is 11.4 Å². The van der Waals surface area contributed by atoms with Crippen LogP contribution in [0.25, 0.3) is 5.69 Å². The van der Waals surface area contributed by atoms with Gasteiger partial charge in [-0.25, -0.2) is 4.79 Å². The van der Waals surface area contributed by atoms with Gasteiger partial charge in [0.1, 0.15) is 5.75 Å². The van der Waals surface area contributed by atoms with E-state index < -0.39 is 11.5 Å². The largest absolute Gasteiger partial charge is 0.854 e. The van der Waals surface area contributed by atoms with E-state index in [1.807, 2.05) is 0 Å². The van der Waals surface area contributed by atoms with Crippen LogP contribution in [0.2, 0.25) is 0 Å². The number of hydrogen-bond donors (Lipinski definition) is 2. The van der Waals surface area contributed by atoms with Crippen LogP contribution in [0.15, 0.2) is 38.6 Å². The maximum atomic E-state index is 11.8. The Bertz CT molecular complexity index is 656. The Morgan fingerprint density at radius 3 is 2.80 bits per heavy atom. The molecule has 0 amide bonds. The number of rotatable bonds is 5. The maximum absolute atomic E-state index is 11.8. The Kier molecular flexibility index (Phi) is 4.16. The zero-order valence-corrected chi connectivity index (χ0v) is 10.7. The number of hydrogen-bond acceptors (Lipinski definition) is 6. The first-order chi connectivity index (χ1) is 9.67. The van der Waals surface area contributed by atoms with Crippen molar-refractivity contribution in [2.75, 3.05) is 20.3 Å². The van der Waals surface area contributed by atoms with Crippen molar-refractivity contribution in [1.82, 2.24) is 5.27 Å². The smallest absolute Gasteiger partial charge is 0.436 e. The SMILES string of the molecule is COc1ccc(-[n+]2[nH]oc(=O)c2C([O-])=NCCO)cc1. The Hall–Kier alpha value is -2.61. The van der Waals surface area contributed by atoms with Crippen LogP contribution in [0, 0.1) is 0 Å². The molecule has 0 aliphatic heterocycles. The Morgan fingerprint density at radius 2 is 2.20 bits per heavy atom. The van der Waals surface area contributed by atoms with Crippen LogP contribution < -0.4 is 20.2 Å². The average Bonchev–Trinajstić information content (AvgIpc) is 2.86. The number of aromatic nitrogens is 2. The molecular weight excluding hydrogens is 266 g/mol. The summed E-state index contributed by atoms with van der Waals surface area (Å²) >= 11 is 0. The molecule has 8 nitrogen and oxygen atoms in total. The molecule has 0 fully saturated rings. The Balaban J connectivity index is 2.44. The number of aliphatic imine (C=N–C) groups is 1. The van der Waals surface area contributed by atoms with Gasteiger partial charge < -0.3 is 14.9 Å². The van der Waals surface area contributed by atoms with Gasteiger partial charge in [0.2, 0.25) is 5.69 Å². The van der Waals surface area contributed by atoms with E-state index in [9.17, 15) is 9.90 Å². The summed E-state index contributed by atoms with van der Waals surface area (Å²) in [5.41, 5.74) is -0.574. The zero-order chi connectivity index (χ0) is 14.5. The predicted molar refractivity (Wildman–Crippen MR) is 65.9 cm³/mol. The second-order valence-electron chi connectivity index (χ2n) is 3.77. The van der Waals surface area contributed by atoms with Crippen molar-refractivity contribution in [2.45, 2.75) is 0 Å². The molecule has 0 aliphatic carbocycles. The number of aliphatic hydroxyl groups excluding tert-OH is 1. The van der Waals surface area contributed by atoms with E-state index in [1.165, 1.54) is 11.8 Å². The summed E-state index contributed by atoms with van der Waals surface area (Å²) in [5.74, 6) is -0.122. The van der Waals surface area contributed by atoms with Gasteiger partial charge in [0.05, 0.1) is 26.2 Å². The lowest BCUT2D eigenvalue weighted by atomic mass is 10.3. The second kappa shape index (κ2) is 6.02. The summed E-state index contributed by atoms with van der Waals surface area (Å²) in [7, 11) is 1.53. The van der Waals surface area contributed by atoms with Gasteiger partial charge >= 0.3 is 11.3 Å². The number of benzene rings is 1. The first kappa shape index (κ1) is 13.8. The van der Waals surface area contributed by atoms with E-state index in [1.54, 1.807) is 24.3 Å². The summed E-state index contributed by atoms with van der Waals surface area (Å²) in [5, 5.41) is 22.8. The third kappa shape index (κ3) is 2.69. The molecule has 0 unspecified atom stereocenters. The molecule has 106 valence electrons. The van der Waals surface area contributed by atoms with Crippen LogP contribution in [0.1, 0.15) is 5.69 Å². The number of aromatic amines is 1. The highest BCUT2D eigenvalue weighted by atomic mass is 16.5. The van der Waals surface area contributed by atoms with Crippen molar-refractivity contribution in [2.24, 2.45) is 4.99 Å². The molecule has 0 saturated heterocycles. The van der Waals surface area contributed by atoms with Gasteiger partial charge in [-0.3, -0.25) is 9.52 Å². The minimum absolute atomic E-state index is 0.0773. The molecular formula is C12H13N3O5. The van der Waals surface area contributed by atoms with Gasteiger partial charge in [-0.15, -0.1) is 0 Å². The quantitative estimate of drug-likeness (QED) is 0.387. The van der Waals surface area contributed by atoms with Crippen molar-refractivity contribution >= 4 is 5.90 Å². The van der Waals surface area contributed by atoms with E-state index in [-0.39, 0.29) is 18.8 Å². The highest BCUT2D eigenvalue weighted by Gasteiger charge is 2.23. The van der Waals surface area contributed by atoms with Crippen LogP contribution in [0.4, 0.5) is 0 Å². The third-order valence-electron chi connectivity index (χ3n) is 2.54. The van der Waals surface area contributed by atoms with Gasteiger partial charge in [-0.1, -0.05) is 0 Å². The maximum Gasteiger partial charge on any atom is 0.436 e. The number of H-pyrrole nitrogens is 1. The molecule has 0 saturated carbocycles. The summed E-state index contributed by atoms with van der Waals surface area (Å²) in [6, 6.07) is 6.64. The van der Waals surface area contributed by atoms with E-state index in [0.717, 1.165) is 0 Å². The topological polar surface area (TPSA) is 115 Å². The van der Waals surface area contributed by atoms with E-state index in [0.29, 0.717) is 11.4 Å². The van der Waals surface area contributed by atoms with E-state index >= 15 is 0 Å². The van der Waals surface area contributed by atoms with Crippen LogP contribution in [-0.4, -0.2) is 36.5 Å². The lowest BCUT2D eigenvalue weighted by molar-refractivity contribution is -0.673. The third-order valence-corrected chi connectivity index (χ3v) is 2.54. The second-order valence-corrected chi connectivity index (χ2v) is 3.77. The van der Waals surface area contributed by atoms with Crippen LogP contribution >= 0.6 is 0 Å². The molecule has 0 radical (unpaired) electrons. The first-order valence-electron chi connectivity index (χ1n) is 5.78. The predicted octanol–water partition coefficient (Wildman–Crippen LogP) is -1.65. The van der Waals surface area contributed by atoms with Crippen LogP contribution in [0.3, 0.4) is 0 Å². The van der Waals surface area contributed by atoms with Gasteiger partial charge in [0, 0.05) is 12.1 Å². The van der Waals surface area contributed by atoms with Gasteiger partial charge in [0.25, 0.3) is 0 Å². The normalized spacial score (nSPS) is 11.6. The number of nitrogens with one attached hydrogen (secondary N) is 1. The summed E-state index contributed by atoms with van der Waals surface area (Å²) < 4.78 is 10.8. The molecule has 20 heavy (non-hydrogen) atoms. The lowest BCUT2D eigenvalue weighted by Gasteiger charge is -2.03. The van der Waals surface area contributed by atoms with E-state index in [4.69, 9.17) is 9.84 Å². The molecule has 1 heterocycles. The summed E-state index contributed by atoms with van der Waals surface area (Å²) in [4.78, 5) is 15.1. The molecule has 8 heteroatoms. The number of nitrogens with zero attached hydrogens (tertiary/aromatic N) is 2. The van der Waals surface area contributed by atoms with Crippen LogP contribution in [-0.2, 0) is 0 Å². The lowest BCUT2D eigenvalue weighted by Crippen LogP contribution is -2.44. The molecule has 0 aliphatic rings. The number of aliphatic hydroxyl groups is 1. The minimum atomic E-state index is -0.826. The van der Waals surface area contributed by atoms with Crippen LogP contribution in [0.5, 0.6) is 5.75 Å². The highest BCUT2D eigenvalue weighted by Crippen LogP contribution is 2.10. The molecule has 1 aromatic carbocycles. The van der Waals surface area contributed by atoms with Crippen molar-refractivity contribution < 1.29 is 24.2 Å². The first-order valence-corrected chi connectivity index (χ1v) is 5.78. The molecule has 1 aromatic heterocycles. The molecule has 0 atom stereocenters. The summed E-state index contributed by atoms with van der Waals surface area (Å²) in [6.45, 7) is -0.351. The summed E-state index contributed by atoms with van der Waals surface area (Å²) in [6.07, 6.45) is 0. The van der Waals surface area contributed by atoms with E-state index in [2.05, 4.69) is 14.8 Å². The zero-order valence-electron chi connectivity index (χ0n) is 10.7. The Morgan fingerprint density at radius 1 is 1.50 bits per heavy atom. The standard InChI is InChI=1S/C12H13N3O5/c1-19-9-4-2-8(3-5-9)15-10(12(18)20-14-15)11(17)13-6-7-16/h2-5,16H,6-7H2,1H3,(H-,13,14,17,18). The molecule has 2 rings (SSSR count). The molecule has 0 spiro atoms. The van der Waals surface area contributed by atoms with Gasteiger partial charge in [-0.05, 0) is 22.1 Å². The van der Waals surface area contributed by atoms with Crippen molar-refractivity contribution in [1.29, 1.82) is 0 Å². The van der Waals surface area contributed by atoms with Crippen molar-refractivity contribution in [3.05, 3.63) is 40.4 Å². The monoisotopic (exact) mass is 279 g/mol. The number of methoxy groups -OCH3 is 1. The Labute approximate surface area is 113 Å². The van der Waals surface area contributed by atoms with Gasteiger partial charge in [-0.2, -0.15) is 0 Å². The fourth-order valence-electron chi connectivity index (χ4n) is 1.59. The fraction of sp³-hybridized carbons (Fsp3) is 0.250. The average molecular weight is 279 g/mol. The minimum Gasteiger partial charge on any atom is -0.854 e. The highest BCUT2D eigenvalue weighted by molar-refractivity contribution is 5.86. The number of ether oxygens (including phenoxy) is 1. The molecule has 0 bridgehead atoms. The fourth-order valence-corrected chi connectivity index (χ4v) is 1.59. The molecule has 2 aromatic rings. The van der Waals surface area contributed by atoms with Crippen molar-refractivity contribution in [3.63, 3.8) is 0 Å². The van der Waals surface area contributed by atoms with Gasteiger partial charge in [0.15, 0.2) is 0 Å². The molecule has 2 N–H and O–H groups in total.